The summed E-state index contributed by atoms with van der Waals surface area (Å²) in [5, 5.41) is 5.87. The first-order valence-corrected chi connectivity index (χ1v) is 6.92. The van der Waals surface area contributed by atoms with Crippen LogP contribution in [0.2, 0.25) is 0 Å². The minimum absolute atomic E-state index is 0.365. The minimum Gasteiger partial charge on any atom is -0.444 e. The second kappa shape index (κ2) is 7.12. The Morgan fingerprint density at radius 1 is 1.40 bits per heavy atom. The van der Waals surface area contributed by atoms with Gasteiger partial charge in [0.05, 0.1) is 11.4 Å². The third kappa shape index (κ3) is 5.91. The first-order chi connectivity index (χ1) is 9.31. The standard InChI is InChI=1S/C15H25N3O2/c1-11-13(16-5)9-12(10-18-11)7-6-8-17-14(19)20-15(2,3)4/h9-10,16H,6-8H2,1-5H3,(H,17,19). The summed E-state index contributed by atoms with van der Waals surface area (Å²) in [4.78, 5) is 15.8. The van der Waals surface area contributed by atoms with Crippen molar-refractivity contribution >= 4 is 11.8 Å². The number of rotatable bonds is 5. The Morgan fingerprint density at radius 2 is 2.10 bits per heavy atom. The number of nitrogens with one attached hydrogen (secondary N) is 2. The molecule has 0 atom stereocenters. The van der Waals surface area contributed by atoms with Gasteiger partial charge in [-0.3, -0.25) is 4.98 Å². The number of amides is 1. The maximum atomic E-state index is 11.5. The van der Waals surface area contributed by atoms with E-state index in [1.54, 1.807) is 0 Å². The predicted octanol–water partition coefficient (Wildman–Crippen LogP) is 2.89. The van der Waals surface area contributed by atoms with Crippen LogP contribution in [0, 0.1) is 6.92 Å². The van der Waals surface area contributed by atoms with Crippen LogP contribution in [0.4, 0.5) is 10.5 Å². The maximum Gasteiger partial charge on any atom is 0.407 e. The molecule has 1 aromatic rings. The molecule has 0 fully saturated rings. The van der Waals surface area contributed by atoms with Crippen molar-refractivity contribution in [3.63, 3.8) is 0 Å². The lowest BCUT2D eigenvalue weighted by molar-refractivity contribution is 0.0527. The van der Waals surface area contributed by atoms with E-state index in [2.05, 4.69) is 21.7 Å². The third-order valence-corrected chi connectivity index (χ3v) is 2.72. The van der Waals surface area contributed by atoms with Crippen molar-refractivity contribution in [3.05, 3.63) is 23.5 Å². The lowest BCUT2D eigenvalue weighted by Gasteiger charge is -2.19. The molecule has 1 rings (SSSR count). The molecule has 20 heavy (non-hydrogen) atoms. The lowest BCUT2D eigenvalue weighted by atomic mass is 10.1. The number of hydrogen-bond acceptors (Lipinski definition) is 4. The molecule has 5 heteroatoms. The van der Waals surface area contributed by atoms with E-state index in [9.17, 15) is 4.79 Å². The zero-order valence-electron chi connectivity index (χ0n) is 13.0. The molecule has 5 nitrogen and oxygen atoms in total. The van der Waals surface area contributed by atoms with Crippen LogP contribution in [0.5, 0.6) is 0 Å². The normalized spacial score (nSPS) is 11.1. The van der Waals surface area contributed by atoms with E-state index in [0.29, 0.717) is 6.54 Å². The first kappa shape index (κ1) is 16.3. The van der Waals surface area contributed by atoms with Gasteiger partial charge in [0.25, 0.3) is 0 Å². The van der Waals surface area contributed by atoms with Gasteiger partial charge in [0.2, 0.25) is 0 Å². The number of carbonyl (C=O) groups is 1. The van der Waals surface area contributed by atoms with Crippen LogP contribution in [-0.4, -0.2) is 30.3 Å². The molecular weight excluding hydrogens is 254 g/mol. The number of ether oxygens (including phenoxy) is 1. The van der Waals surface area contributed by atoms with Crippen molar-refractivity contribution in [1.82, 2.24) is 10.3 Å². The van der Waals surface area contributed by atoms with Crippen molar-refractivity contribution in [3.8, 4) is 0 Å². The Hall–Kier alpha value is -1.78. The summed E-state index contributed by atoms with van der Waals surface area (Å²) < 4.78 is 5.17. The van der Waals surface area contributed by atoms with Crippen molar-refractivity contribution in [1.29, 1.82) is 0 Å². The molecule has 0 unspecified atom stereocenters. The van der Waals surface area contributed by atoms with E-state index < -0.39 is 5.60 Å². The van der Waals surface area contributed by atoms with Crippen LogP contribution in [0.15, 0.2) is 12.3 Å². The SMILES string of the molecule is CNc1cc(CCCNC(=O)OC(C)(C)C)cnc1C. The number of anilines is 1. The summed E-state index contributed by atoms with van der Waals surface area (Å²) in [5.74, 6) is 0. The summed E-state index contributed by atoms with van der Waals surface area (Å²) in [6.45, 7) is 8.12. The molecule has 1 amide bonds. The largest absolute Gasteiger partial charge is 0.444 e. The fourth-order valence-electron chi connectivity index (χ4n) is 1.76. The lowest BCUT2D eigenvalue weighted by Crippen LogP contribution is -2.33. The fraction of sp³-hybridized carbons (Fsp3) is 0.600. The highest BCUT2D eigenvalue weighted by molar-refractivity contribution is 5.67. The van der Waals surface area contributed by atoms with Gasteiger partial charge in [0, 0.05) is 19.8 Å². The molecule has 0 spiro atoms. The van der Waals surface area contributed by atoms with Gasteiger partial charge >= 0.3 is 6.09 Å². The molecule has 0 bridgehead atoms. The molecule has 0 saturated carbocycles. The van der Waals surface area contributed by atoms with E-state index in [-0.39, 0.29) is 6.09 Å². The number of pyridine rings is 1. The smallest absolute Gasteiger partial charge is 0.407 e. The molecule has 112 valence electrons. The summed E-state index contributed by atoms with van der Waals surface area (Å²) in [7, 11) is 1.89. The second-order valence-corrected chi connectivity index (χ2v) is 5.76. The van der Waals surface area contributed by atoms with Crippen LogP contribution in [0.25, 0.3) is 0 Å². The highest BCUT2D eigenvalue weighted by Gasteiger charge is 2.15. The molecule has 1 heterocycles. The highest BCUT2D eigenvalue weighted by Crippen LogP contribution is 2.14. The quantitative estimate of drug-likeness (QED) is 0.814. The van der Waals surface area contributed by atoms with E-state index in [1.165, 1.54) is 0 Å². The fourth-order valence-corrected chi connectivity index (χ4v) is 1.76. The van der Waals surface area contributed by atoms with Crippen molar-refractivity contribution in [2.24, 2.45) is 0 Å². The van der Waals surface area contributed by atoms with Gasteiger partial charge in [-0.15, -0.1) is 0 Å². The molecule has 0 aromatic carbocycles. The number of carbonyl (C=O) groups excluding carboxylic acids is 1. The van der Waals surface area contributed by atoms with E-state index in [4.69, 9.17) is 4.74 Å². The van der Waals surface area contributed by atoms with Crippen LogP contribution in [0.3, 0.4) is 0 Å². The molecule has 0 radical (unpaired) electrons. The van der Waals surface area contributed by atoms with Gasteiger partial charge in [-0.25, -0.2) is 4.79 Å². The Kier molecular flexibility index (Phi) is 5.80. The molecule has 0 aliphatic rings. The Balaban J connectivity index is 2.33. The third-order valence-electron chi connectivity index (χ3n) is 2.72. The van der Waals surface area contributed by atoms with Crippen molar-refractivity contribution in [2.75, 3.05) is 18.9 Å². The maximum absolute atomic E-state index is 11.5. The van der Waals surface area contributed by atoms with Crippen LogP contribution in [-0.2, 0) is 11.2 Å². The monoisotopic (exact) mass is 279 g/mol. The zero-order chi connectivity index (χ0) is 15.2. The molecule has 1 aromatic heterocycles. The Labute approximate surface area is 121 Å². The Bertz CT molecular complexity index is 453. The highest BCUT2D eigenvalue weighted by atomic mass is 16.6. The minimum atomic E-state index is -0.452. The van der Waals surface area contributed by atoms with Gasteiger partial charge in [0.1, 0.15) is 5.60 Å². The number of alkyl carbamates (subject to hydrolysis) is 1. The summed E-state index contributed by atoms with van der Waals surface area (Å²) in [6, 6.07) is 2.09. The summed E-state index contributed by atoms with van der Waals surface area (Å²) >= 11 is 0. The van der Waals surface area contributed by atoms with Gasteiger partial charge in [-0.2, -0.15) is 0 Å². The molecule has 0 saturated heterocycles. The van der Waals surface area contributed by atoms with Crippen molar-refractivity contribution in [2.45, 2.75) is 46.1 Å². The number of nitrogens with zero attached hydrogens (tertiary/aromatic N) is 1. The average molecular weight is 279 g/mol. The first-order valence-electron chi connectivity index (χ1n) is 6.92. The number of aromatic nitrogens is 1. The molecular formula is C15H25N3O2. The average Bonchev–Trinajstić information content (AvgIpc) is 2.34. The van der Waals surface area contributed by atoms with Crippen molar-refractivity contribution < 1.29 is 9.53 Å². The Morgan fingerprint density at radius 3 is 2.70 bits per heavy atom. The number of aryl methyl sites for hydroxylation is 2. The molecule has 0 aliphatic heterocycles. The molecule has 0 aliphatic carbocycles. The summed E-state index contributed by atoms with van der Waals surface area (Å²) in [6.07, 6.45) is 3.24. The van der Waals surface area contributed by atoms with Crippen LogP contribution in [0.1, 0.15) is 38.4 Å². The topological polar surface area (TPSA) is 63.2 Å². The van der Waals surface area contributed by atoms with Crippen LogP contribution >= 0.6 is 0 Å². The van der Waals surface area contributed by atoms with E-state index >= 15 is 0 Å². The predicted molar refractivity (Wildman–Crippen MR) is 81.1 cm³/mol. The zero-order valence-corrected chi connectivity index (χ0v) is 13.0. The second-order valence-electron chi connectivity index (χ2n) is 5.76. The van der Waals surface area contributed by atoms with E-state index in [0.717, 1.165) is 29.8 Å². The van der Waals surface area contributed by atoms with Gasteiger partial charge in [0.15, 0.2) is 0 Å². The van der Waals surface area contributed by atoms with Gasteiger partial charge in [-0.1, -0.05) is 0 Å². The van der Waals surface area contributed by atoms with Crippen LogP contribution < -0.4 is 10.6 Å². The van der Waals surface area contributed by atoms with E-state index in [1.807, 2.05) is 40.9 Å². The van der Waals surface area contributed by atoms with Gasteiger partial charge < -0.3 is 15.4 Å². The number of hydrogen-bond donors (Lipinski definition) is 2. The van der Waals surface area contributed by atoms with Gasteiger partial charge in [-0.05, 0) is 52.2 Å². The summed E-state index contributed by atoms with van der Waals surface area (Å²) in [5.41, 5.74) is 2.74. The molecule has 2 N–H and O–H groups in total.